The molecule has 2 aromatic carbocycles. The lowest BCUT2D eigenvalue weighted by Crippen LogP contribution is -2.43. The van der Waals surface area contributed by atoms with Gasteiger partial charge in [-0.2, -0.15) is 5.10 Å². The molecule has 6 rings (SSSR count). The van der Waals surface area contributed by atoms with Crippen molar-refractivity contribution in [1.29, 1.82) is 0 Å². The van der Waals surface area contributed by atoms with Gasteiger partial charge in [-0.15, -0.1) is 0 Å². The van der Waals surface area contributed by atoms with E-state index in [4.69, 9.17) is 15.6 Å². The molecule has 3 aromatic heterocycles. The van der Waals surface area contributed by atoms with Gasteiger partial charge in [0.2, 0.25) is 0 Å². The number of benzene rings is 2. The first-order valence-electron chi connectivity index (χ1n) is 12.7. The second-order valence-electron chi connectivity index (χ2n) is 9.21. The Labute approximate surface area is 228 Å². The molecule has 1 fully saturated rings. The van der Waals surface area contributed by atoms with Crippen molar-refractivity contribution in [3.05, 3.63) is 78.5 Å². The Morgan fingerprint density at radius 2 is 1.85 bits per heavy atom. The van der Waals surface area contributed by atoms with Crippen molar-refractivity contribution < 1.29 is 13.9 Å². The zero-order valence-electron chi connectivity index (χ0n) is 21.6. The number of pyridine rings is 1. The van der Waals surface area contributed by atoms with Crippen LogP contribution in [0, 0.1) is 5.82 Å². The maximum absolute atomic E-state index is 13.7. The molecule has 12 heteroatoms. The Bertz CT molecular complexity index is 1680. The minimum absolute atomic E-state index is 0.0952. The van der Waals surface area contributed by atoms with Crippen LogP contribution < -0.4 is 26.0 Å². The maximum Gasteiger partial charge on any atom is 0.259 e. The highest BCUT2D eigenvalue weighted by atomic mass is 19.1. The molecule has 0 aliphatic carbocycles. The number of carbonyl (C=O) groups is 1. The summed E-state index contributed by atoms with van der Waals surface area (Å²) in [5, 5.41) is 11.6. The fraction of sp³-hybridized carbons (Fsp3) is 0.179. The maximum atomic E-state index is 13.7. The number of hydrogen-bond acceptors (Lipinski definition) is 9. The van der Waals surface area contributed by atoms with Gasteiger partial charge in [0, 0.05) is 37.4 Å². The zero-order chi connectivity index (χ0) is 27.6. The van der Waals surface area contributed by atoms with E-state index in [0.717, 1.165) is 49.3 Å². The van der Waals surface area contributed by atoms with Crippen LogP contribution in [0.2, 0.25) is 0 Å². The van der Waals surface area contributed by atoms with E-state index in [1.165, 1.54) is 25.6 Å². The third-order valence-corrected chi connectivity index (χ3v) is 6.73. The van der Waals surface area contributed by atoms with Crippen LogP contribution >= 0.6 is 0 Å². The number of rotatable bonds is 6. The molecule has 0 atom stereocenters. The summed E-state index contributed by atoms with van der Waals surface area (Å²) in [6, 6.07) is 14.8. The number of halogens is 1. The fourth-order valence-electron chi connectivity index (χ4n) is 4.71. The number of nitrogen functional groups attached to an aromatic ring is 1. The van der Waals surface area contributed by atoms with Crippen molar-refractivity contribution in [2.45, 2.75) is 0 Å². The Balaban J connectivity index is 1.30. The summed E-state index contributed by atoms with van der Waals surface area (Å²) in [5.74, 6) is 0.459. The van der Waals surface area contributed by atoms with Crippen molar-refractivity contribution in [2.24, 2.45) is 0 Å². The number of carbonyl (C=O) groups excluding carboxylic acids is 1. The Morgan fingerprint density at radius 3 is 2.58 bits per heavy atom. The number of ether oxygens (including phenoxy) is 1. The van der Waals surface area contributed by atoms with Gasteiger partial charge in [0.25, 0.3) is 5.91 Å². The standard InChI is InChI=1S/C28H26FN9O2/c1-40-22-8-4-18(29)14-21(22)28(39)35-19-5-2-17(3-6-19)25-24-26(30)33-16-34-27(24)38(36-25)20-7-9-23(32-15-20)37-12-10-31-11-13-37/h2-9,14-16,31H,10-13H2,1H3,(H,35,39)(H2,30,33,34). The van der Waals surface area contributed by atoms with Gasteiger partial charge in [-0.1, -0.05) is 12.1 Å². The number of aromatic nitrogens is 5. The highest BCUT2D eigenvalue weighted by Gasteiger charge is 2.20. The van der Waals surface area contributed by atoms with Crippen LogP contribution in [0.15, 0.2) is 67.1 Å². The average Bonchev–Trinajstić information content (AvgIpc) is 3.39. The van der Waals surface area contributed by atoms with Crippen LogP contribution in [-0.4, -0.2) is 63.9 Å². The molecule has 11 nitrogen and oxygen atoms in total. The second kappa shape index (κ2) is 10.6. The molecular weight excluding hydrogens is 513 g/mol. The highest BCUT2D eigenvalue weighted by molar-refractivity contribution is 6.06. The summed E-state index contributed by atoms with van der Waals surface area (Å²) in [5.41, 5.74) is 9.51. The number of nitrogens with zero attached hydrogens (tertiary/aromatic N) is 6. The largest absolute Gasteiger partial charge is 0.496 e. The molecule has 0 radical (unpaired) electrons. The second-order valence-corrected chi connectivity index (χ2v) is 9.21. The molecule has 202 valence electrons. The van der Waals surface area contributed by atoms with E-state index in [1.54, 1.807) is 23.0 Å². The summed E-state index contributed by atoms with van der Waals surface area (Å²) >= 11 is 0. The van der Waals surface area contributed by atoms with Crippen LogP contribution in [0.4, 0.5) is 21.7 Å². The van der Waals surface area contributed by atoms with Gasteiger partial charge in [0.15, 0.2) is 5.65 Å². The molecule has 1 aliphatic heterocycles. The monoisotopic (exact) mass is 539 g/mol. The number of fused-ring (bicyclic) bond motifs is 1. The molecule has 1 saturated heterocycles. The van der Waals surface area contributed by atoms with Gasteiger partial charge in [-0.3, -0.25) is 4.79 Å². The van der Waals surface area contributed by atoms with Crippen LogP contribution in [0.5, 0.6) is 5.75 Å². The predicted molar refractivity (Wildman–Crippen MR) is 150 cm³/mol. The Hall–Kier alpha value is -5.10. The summed E-state index contributed by atoms with van der Waals surface area (Å²) in [4.78, 5) is 28.3. The molecule has 1 amide bonds. The molecule has 40 heavy (non-hydrogen) atoms. The number of amides is 1. The van der Waals surface area contributed by atoms with Gasteiger partial charge < -0.3 is 26.0 Å². The van der Waals surface area contributed by atoms with Crippen LogP contribution in [0.3, 0.4) is 0 Å². The number of hydrogen-bond donors (Lipinski definition) is 3. The molecule has 4 N–H and O–H groups in total. The topological polar surface area (TPSA) is 136 Å². The van der Waals surface area contributed by atoms with E-state index in [-0.39, 0.29) is 11.3 Å². The molecule has 1 aliphatic rings. The van der Waals surface area contributed by atoms with E-state index in [9.17, 15) is 9.18 Å². The molecule has 4 heterocycles. The van der Waals surface area contributed by atoms with Crippen molar-refractivity contribution in [1.82, 2.24) is 30.0 Å². The van der Waals surface area contributed by atoms with Gasteiger partial charge in [-0.25, -0.2) is 24.0 Å². The molecule has 0 unspecified atom stereocenters. The van der Waals surface area contributed by atoms with Crippen molar-refractivity contribution in [3.63, 3.8) is 0 Å². The van der Waals surface area contributed by atoms with Gasteiger partial charge in [0.05, 0.1) is 29.9 Å². The molecule has 0 spiro atoms. The SMILES string of the molecule is COc1ccc(F)cc1C(=O)Nc1ccc(-c2nn(-c3ccc(N4CCNCC4)nc3)c3ncnc(N)c23)cc1. The van der Waals surface area contributed by atoms with Gasteiger partial charge in [-0.05, 0) is 42.5 Å². The predicted octanol–water partition coefficient (Wildman–Crippen LogP) is 3.27. The van der Waals surface area contributed by atoms with E-state index >= 15 is 0 Å². The third kappa shape index (κ3) is 4.76. The van der Waals surface area contributed by atoms with Crippen molar-refractivity contribution in [2.75, 3.05) is 49.2 Å². The van der Waals surface area contributed by atoms with Gasteiger partial charge in [0.1, 0.15) is 35.2 Å². The fourth-order valence-corrected chi connectivity index (χ4v) is 4.71. The molecule has 5 aromatic rings. The average molecular weight is 540 g/mol. The smallest absolute Gasteiger partial charge is 0.259 e. The first kappa shape index (κ1) is 25.2. The molecular formula is C28H26FN9O2. The summed E-state index contributed by atoms with van der Waals surface area (Å²) < 4.78 is 20.6. The lowest BCUT2D eigenvalue weighted by atomic mass is 10.1. The number of methoxy groups -OCH3 is 1. The number of piperazine rings is 1. The highest BCUT2D eigenvalue weighted by Crippen LogP contribution is 2.32. The summed E-state index contributed by atoms with van der Waals surface area (Å²) in [7, 11) is 1.43. The summed E-state index contributed by atoms with van der Waals surface area (Å²) in [6.45, 7) is 3.65. The zero-order valence-corrected chi connectivity index (χ0v) is 21.6. The van der Waals surface area contributed by atoms with E-state index in [0.29, 0.717) is 28.2 Å². The van der Waals surface area contributed by atoms with Crippen LogP contribution in [0.1, 0.15) is 10.4 Å². The number of nitrogens with one attached hydrogen (secondary N) is 2. The lowest BCUT2D eigenvalue weighted by molar-refractivity contribution is 0.102. The molecule has 0 saturated carbocycles. The lowest BCUT2D eigenvalue weighted by Gasteiger charge is -2.28. The van der Waals surface area contributed by atoms with E-state index in [1.807, 2.05) is 24.3 Å². The quantitative estimate of drug-likeness (QED) is 0.297. The Kier molecular flexibility index (Phi) is 6.66. The normalized spacial score (nSPS) is 13.4. The first-order valence-corrected chi connectivity index (χ1v) is 12.7. The third-order valence-electron chi connectivity index (χ3n) is 6.73. The minimum atomic E-state index is -0.530. The van der Waals surface area contributed by atoms with E-state index in [2.05, 4.69) is 30.5 Å². The summed E-state index contributed by atoms with van der Waals surface area (Å²) in [6.07, 6.45) is 3.17. The van der Waals surface area contributed by atoms with Crippen molar-refractivity contribution >= 4 is 34.3 Å². The van der Waals surface area contributed by atoms with Crippen molar-refractivity contribution in [3.8, 4) is 22.7 Å². The minimum Gasteiger partial charge on any atom is -0.496 e. The van der Waals surface area contributed by atoms with E-state index < -0.39 is 11.7 Å². The number of nitrogens with two attached hydrogens (primary N) is 1. The Morgan fingerprint density at radius 1 is 1.05 bits per heavy atom. The molecule has 0 bridgehead atoms. The first-order chi connectivity index (χ1) is 19.5. The number of anilines is 3. The van der Waals surface area contributed by atoms with Crippen LogP contribution in [0.25, 0.3) is 28.0 Å². The van der Waals surface area contributed by atoms with Gasteiger partial charge >= 0.3 is 0 Å². The van der Waals surface area contributed by atoms with Crippen LogP contribution in [-0.2, 0) is 0 Å².